The van der Waals surface area contributed by atoms with Gasteiger partial charge in [0.25, 0.3) is 0 Å². The Hall–Kier alpha value is -2.35. The first kappa shape index (κ1) is 10.8. The van der Waals surface area contributed by atoms with E-state index >= 15 is 0 Å². The second-order valence-corrected chi connectivity index (χ2v) is 4.20. The maximum absolute atomic E-state index is 12.3. The summed E-state index contributed by atoms with van der Waals surface area (Å²) in [7, 11) is 1.63. The third-order valence-electron chi connectivity index (χ3n) is 3.15. The van der Waals surface area contributed by atoms with Crippen LogP contribution in [0.3, 0.4) is 0 Å². The van der Waals surface area contributed by atoms with Crippen LogP contribution in [0, 0.1) is 0 Å². The van der Waals surface area contributed by atoms with Crippen molar-refractivity contribution in [1.82, 2.24) is 0 Å². The minimum Gasteiger partial charge on any atom is -0.497 e. The van der Waals surface area contributed by atoms with Gasteiger partial charge >= 0.3 is 0 Å². The minimum atomic E-state index is 0.0933. The molecule has 0 saturated heterocycles. The fraction of sp³-hybridized carbons (Fsp3) is 0.0625. The topological polar surface area (TPSA) is 26.3 Å². The number of benzene rings is 2. The van der Waals surface area contributed by atoms with E-state index in [4.69, 9.17) is 4.74 Å². The number of rotatable bonds is 2. The van der Waals surface area contributed by atoms with Gasteiger partial charge in [-0.15, -0.1) is 0 Å². The maximum atomic E-state index is 12.3. The summed E-state index contributed by atoms with van der Waals surface area (Å²) in [5.74, 6) is 0.887. The number of hydrogen-bond donors (Lipinski definition) is 0. The number of methoxy groups -OCH3 is 1. The lowest BCUT2D eigenvalue weighted by Crippen LogP contribution is -1.97. The highest BCUT2D eigenvalue weighted by Crippen LogP contribution is 2.31. The average molecular weight is 236 g/mol. The third-order valence-corrected chi connectivity index (χ3v) is 3.15. The van der Waals surface area contributed by atoms with Crippen molar-refractivity contribution >= 4 is 17.4 Å². The predicted octanol–water partition coefficient (Wildman–Crippen LogP) is 3.43. The van der Waals surface area contributed by atoms with Crippen LogP contribution in [0.15, 0.2) is 48.5 Å². The highest BCUT2D eigenvalue weighted by Gasteiger charge is 2.22. The number of carbonyl (C=O) groups excluding carboxylic acids is 1. The lowest BCUT2D eigenvalue weighted by atomic mass is 10.0. The Morgan fingerprint density at radius 3 is 2.33 bits per heavy atom. The summed E-state index contributed by atoms with van der Waals surface area (Å²) in [6.45, 7) is 0. The molecule has 0 N–H and O–H groups in total. The number of ether oxygens (including phenoxy) is 1. The zero-order valence-electron chi connectivity index (χ0n) is 10.0. The monoisotopic (exact) mass is 236 g/mol. The normalized spacial score (nSPS) is 13.2. The van der Waals surface area contributed by atoms with Gasteiger partial charge in [0, 0.05) is 11.1 Å². The van der Waals surface area contributed by atoms with Crippen LogP contribution in [0.1, 0.15) is 21.5 Å². The molecule has 0 amide bonds. The van der Waals surface area contributed by atoms with Crippen molar-refractivity contribution in [2.45, 2.75) is 0 Å². The second-order valence-electron chi connectivity index (χ2n) is 4.20. The number of Topliss-reactive ketones (excluding diaryl/α,β-unsaturated/α-hetero) is 1. The van der Waals surface area contributed by atoms with Crippen molar-refractivity contribution in [3.8, 4) is 5.75 Å². The quantitative estimate of drug-likeness (QED) is 0.798. The molecule has 0 radical (unpaired) electrons. The molecule has 0 saturated carbocycles. The van der Waals surface area contributed by atoms with Crippen LogP contribution in [-0.4, -0.2) is 12.9 Å². The van der Waals surface area contributed by atoms with Crippen molar-refractivity contribution in [1.29, 1.82) is 0 Å². The average Bonchev–Trinajstić information content (AvgIpc) is 2.77. The molecule has 0 fully saturated rings. The Morgan fingerprint density at radius 1 is 0.944 bits per heavy atom. The van der Waals surface area contributed by atoms with Gasteiger partial charge in [-0.05, 0) is 29.3 Å². The van der Waals surface area contributed by atoms with E-state index in [2.05, 4.69) is 0 Å². The molecule has 2 nitrogen and oxygen atoms in total. The van der Waals surface area contributed by atoms with Crippen molar-refractivity contribution in [2.24, 2.45) is 0 Å². The smallest absolute Gasteiger partial charge is 0.194 e. The van der Waals surface area contributed by atoms with Crippen molar-refractivity contribution in [3.63, 3.8) is 0 Å². The highest BCUT2D eigenvalue weighted by molar-refractivity contribution is 6.37. The molecule has 0 atom stereocenters. The standard InChI is InChI=1S/C16H12O2/c1-18-13-8-6-11(7-9-13)15-10-12-4-2-3-5-14(12)16(15)17/h2-10H,1H3. The number of hydrogen-bond acceptors (Lipinski definition) is 2. The summed E-state index contributed by atoms with van der Waals surface area (Å²) < 4.78 is 5.12. The van der Waals surface area contributed by atoms with Crippen molar-refractivity contribution < 1.29 is 9.53 Å². The molecule has 1 aliphatic carbocycles. The molecule has 3 rings (SSSR count). The molecule has 0 spiro atoms. The molecular weight excluding hydrogens is 224 g/mol. The zero-order chi connectivity index (χ0) is 12.5. The van der Waals surface area contributed by atoms with Gasteiger partial charge in [0.1, 0.15) is 5.75 Å². The molecule has 0 unspecified atom stereocenters. The van der Waals surface area contributed by atoms with Gasteiger partial charge in [0.15, 0.2) is 5.78 Å². The van der Waals surface area contributed by atoms with E-state index < -0.39 is 0 Å². The summed E-state index contributed by atoms with van der Waals surface area (Å²) in [5.41, 5.74) is 3.45. The van der Waals surface area contributed by atoms with Gasteiger partial charge in [-0.1, -0.05) is 36.4 Å². The lowest BCUT2D eigenvalue weighted by Gasteiger charge is -2.03. The Kier molecular flexibility index (Phi) is 2.49. The first-order valence-corrected chi connectivity index (χ1v) is 5.79. The van der Waals surface area contributed by atoms with Crippen LogP contribution in [-0.2, 0) is 0 Å². The van der Waals surface area contributed by atoms with Gasteiger partial charge in [-0.2, -0.15) is 0 Å². The van der Waals surface area contributed by atoms with E-state index in [1.54, 1.807) is 7.11 Å². The van der Waals surface area contributed by atoms with Gasteiger partial charge < -0.3 is 4.74 Å². The fourth-order valence-electron chi connectivity index (χ4n) is 2.18. The molecule has 0 aromatic heterocycles. The summed E-state index contributed by atoms with van der Waals surface area (Å²) in [6, 6.07) is 15.2. The van der Waals surface area contributed by atoms with Crippen LogP contribution in [0.4, 0.5) is 0 Å². The number of carbonyl (C=O) groups is 1. The largest absolute Gasteiger partial charge is 0.497 e. The van der Waals surface area contributed by atoms with Crippen molar-refractivity contribution in [2.75, 3.05) is 7.11 Å². The summed E-state index contributed by atoms with van der Waals surface area (Å²) in [6.07, 6.45) is 1.94. The fourth-order valence-corrected chi connectivity index (χ4v) is 2.18. The van der Waals surface area contributed by atoms with E-state index in [-0.39, 0.29) is 5.78 Å². The van der Waals surface area contributed by atoms with Crippen molar-refractivity contribution in [3.05, 3.63) is 65.2 Å². The molecule has 2 aromatic rings. The molecule has 18 heavy (non-hydrogen) atoms. The number of fused-ring (bicyclic) bond motifs is 1. The first-order chi connectivity index (χ1) is 8.79. The first-order valence-electron chi connectivity index (χ1n) is 5.79. The van der Waals surface area contributed by atoms with E-state index in [1.165, 1.54) is 0 Å². The van der Waals surface area contributed by atoms with Gasteiger partial charge in [0.2, 0.25) is 0 Å². The molecule has 0 heterocycles. The van der Waals surface area contributed by atoms with Crippen LogP contribution >= 0.6 is 0 Å². The summed E-state index contributed by atoms with van der Waals surface area (Å²) >= 11 is 0. The Bertz CT molecular complexity index is 636. The van der Waals surface area contributed by atoms with E-state index in [1.807, 2.05) is 54.6 Å². The van der Waals surface area contributed by atoms with E-state index in [0.29, 0.717) is 0 Å². The molecule has 2 heteroatoms. The van der Waals surface area contributed by atoms with Crippen LogP contribution in [0.25, 0.3) is 11.6 Å². The van der Waals surface area contributed by atoms with Crippen LogP contribution in [0.5, 0.6) is 5.75 Å². The van der Waals surface area contributed by atoms with Gasteiger partial charge in [-0.3, -0.25) is 4.79 Å². The number of allylic oxidation sites excluding steroid dienone is 1. The number of ketones is 1. The Labute approximate surface area is 106 Å². The highest BCUT2D eigenvalue weighted by atomic mass is 16.5. The predicted molar refractivity (Wildman–Crippen MR) is 71.6 cm³/mol. The van der Waals surface area contributed by atoms with Crippen LogP contribution in [0.2, 0.25) is 0 Å². The SMILES string of the molecule is COc1ccc(C2=Cc3ccccc3C2=O)cc1. The molecule has 0 bridgehead atoms. The summed E-state index contributed by atoms with van der Waals surface area (Å²) in [4.78, 5) is 12.3. The molecule has 2 aromatic carbocycles. The Balaban J connectivity index is 2.02. The molecule has 88 valence electrons. The molecule has 0 aliphatic heterocycles. The summed E-state index contributed by atoms with van der Waals surface area (Å²) in [5, 5.41) is 0. The zero-order valence-corrected chi connectivity index (χ0v) is 10.0. The minimum absolute atomic E-state index is 0.0933. The maximum Gasteiger partial charge on any atom is 0.194 e. The van der Waals surface area contributed by atoms with Crippen LogP contribution < -0.4 is 4.74 Å². The molecular formula is C16H12O2. The van der Waals surface area contributed by atoms with E-state index in [0.717, 1.165) is 28.0 Å². The molecule has 1 aliphatic rings. The third kappa shape index (κ3) is 1.63. The second kappa shape index (κ2) is 4.15. The lowest BCUT2D eigenvalue weighted by molar-refractivity contribution is 0.105. The van der Waals surface area contributed by atoms with Gasteiger partial charge in [-0.25, -0.2) is 0 Å². The Morgan fingerprint density at radius 2 is 1.67 bits per heavy atom. The van der Waals surface area contributed by atoms with Gasteiger partial charge in [0.05, 0.1) is 7.11 Å². The van der Waals surface area contributed by atoms with E-state index in [9.17, 15) is 4.79 Å².